The molecule has 0 amide bonds. The van der Waals surface area contributed by atoms with E-state index >= 15 is 0 Å². The maximum absolute atomic E-state index is 12.8. The lowest BCUT2D eigenvalue weighted by atomic mass is 10.1. The van der Waals surface area contributed by atoms with Crippen molar-refractivity contribution in [1.29, 1.82) is 0 Å². The third-order valence-corrected chi connectivity index (χ3v) is 4.43. The number of aromatic nitrogens is 1. The van der Waals surface area contributed by atoms with Crippen molar-refractivity contribution in [2.24, 2.45) is 0 Å². The van der Waals surface area contributed by atoms with Crippen LogP contribution in [0.1, 0.15) is 27.2 Å². The number of ketones is 1. The van der Waals surface area contributed by atoms with Gasteiger partial charge in [0.25, 0.3) is 0 Å². The van der Waals surface area contributed by atoms with Gasteiger partial charge in [0.2, 0.25) is 5.78 Å². The molecule has 0 aliphatic rings. The number of benzene rings is 2. The Hall–Kier alpha value is -3.60. The Balaban J connectivity index is 1.66. The van der Waals surface area contributed by atoms with Gasteiger partial charge in [-0.3, -0.25) is 4.79 Å². The van der Waals surface area contributed by atoms with Crippen molar-refractivity contribution < 1.29 is 19.1 Å². The first-order chi connectivity index (χ1) is 14.1. The fraction of sp³-hybridized carbons (Fsp3) is 0.167. The van der Waals surface area contributed by atoms with E-state index in [9.17, 15) is 9.59 Å². The number of allylic oxidation sites excluding steroid dienone is 1. The van der Waals surface area contributed by atoms with Crippen LogP contribution in [0.25, 0.3) is 6.08 Å². The van der Waals surface area contributed by atoms with E-state index in [1.807, 2.05) is 84.4 Å². The van der Waals surface area contributed by atoms with Gasteiger partial charge in [0.1, 0.15) is 5.75 Å². The third-order valence-electron chi connectivity index (χ3n) is 4.43. The molecule has 0 radical (unpaired) electrons. The summed E-state index contributed by atoms with van der Waals surface area (Å²) in [6.07, 6.45) is 5.82. The monoisotopic (exact) mass is 389 g/mol. The minimum Gasteiger partial charge on any atom is -0.482 e. The largest absolute Gasteiger partial charge is 0.482 e. The Bertz CT molecular complexity index is 1020. The second-order valence-corrected chi connectivity index (χ2v) is 6.58. The van der Waals surface area contributed by atoms with Crippen LogP contribution in [0.3, 0.4) is 0 Å². The second-order valence-electron chi connectivity index (χ2n) is 6.58. The molecule has 148 valence electrons. The fourth-order valence-electron chi connectivity index (χ4n) is 2.84. The standard InChI is InChI=1S/C24H23NO4/c1-18-10-12-20(13-11-18)24(27)22-9-5-15-25(22)14-4-7-19-6-3-8-21(16-19)29-17-23(26)28-2/h3-13,15-16H,14,17H2,1-2H3. The number of ether oxygens (including phenoxy) is 2. The minimum atomic E-state index is -0.427. The molecule has 2 aromatic carbocycles. The van der Waals surface area contributed by atoms with Gasteiger partial charge in [0.05, 0.1) is 12.8 Å². The van der Waals surface area contributed by atoms with Crippen molar-refractivity contribution in [2.75, 3.05) is 13.7 Å². The molecule has 0 spiro atoms. The third kappa shape index (κ3) is 5.45. The van der Waals surface area contributed by atoms with Gasteiger partial charge in [-0.25, -0.2) is 4.79 Å². The van der Waals surface area contributed by atoms with Crippen molar-refractivity contribution >= 4 is 17.8 Å². The summed E-state index contributed by atoms with van der Waals surface area (Å²) in [5.41, 5.74) is 3.38. The first kappa shape index (κ1) is 20.1. The molecule has 29 heavy (non-hydrogen) atoms. The smallest absolute Gasteiger partial charge is 0.343 e. The molecule has 0 aliphatic carbocycles. The van der Waals surface area contributed by atoms with Crippen molar-refractivity contribution in [3.63, 3.8) is 0 Å². The molecule has 0 fully saturated rings. The maximum atomic E-state index is 12.8. The summed E-state index contributed by atoms with van der Waals surface area (Å²) in [7, 11) is 1.32. The molecule has 1 aromatic heterocycles. The van der Waals surface area contributed by atoms with Crippen molar-refractivity contribution in [1.82, 2.24) is 4.57 Å². The fourth-order valence-corrected chi connectivity index (χ4v) is 2.84. The number of esters is 1. The molecule has 3 aromatic rings. The maximum Gasteiger partial charge on any atom is 0.343 e. The molecule has 5 heteroatoms. The van der Waals surface area contributed by atoms with Gasteiger partial charge in [-0.2, -0.15) is 0 Å². The first-order valence-corrected chi connectivity index (χ1v) is 9.29. The molecule has 1 heterocycles. The van der Waals surface area contributed by atoms with Crippen LogP contribution in [-0.2, 0) is 16.1 Å². The Morgan fingerprint density at radius 2 is 1.83 bits per heavy atom. The number of rotatable bonds is 8. The van der Waals surface area contributed by atoms with Crippen LogP contribution < -0.4 is 4.74 Å². The second kappa shape index (κ2) is 9.55. The van der Waals surface area contributed by atoms with E-state index in [-0.39, 0.29) is 12.4 Å². The zero-order valence-corrected chi connectivity index (χ0v) is 16.5. The lowest BCUT2D eigenvalue weighted by molar-refractivity contribution is -0.142. The molecule has 0 saturated heterocycles. The highest BCUT2D eigenvalue weighted by atomic mass is 16.6. The molecule has 0 aliphatic heterocycles. The van der Waals surface area contributed by atoms with Crippen LogP contribution in [0.5, 0.6) is 5.75 Å². The summed E-state index contributed by atoms with van der Waals surface area (Å²) in [4.78, 5) is 24.0. The van der Waals surface area contributed by atoms with Crippen LogP contribution in [0.2, 0.25) is 0 Å². The van der Waals surface area contributed by atoms with Gasteiger partial charge in [-0.05, 0) is 36.8 Å². The molecule has 3 rings (SSSR count). The van der Waals surface area contributed by atoms with Crippen LogP contribution >= 0.6 is 0 Å². The highest BCUT2D eigenvalue weighted by molar-refractivity contribution is 6.08. The molecular weight excluding hydrogens is 366 g/mol. The molecule has 0 atom stereocenters. The van der Waals surface area contributed by atoms with E-state index in [0.717, 1.165) is 11.1 Å². The summed E-state index contributed by atoms with van der Waals surface area (Å²) in [5, 5.41) is 0. The van der Waals surface area contributed by atoms with Crippen molar-refractivity contribution in [3.8, 4) is 5.75 Å². The van der Waals surface area contributed by atoms with Crippen molar-refractivity contribution in [3.05, 3.63) is 95.3 Å². The van der Waals surface area contributed by atoms with Crippen LogP contribution in [-0.4, -0.2) is 30.0 Å². The highest BCUT2D eigenvalue weighted by Crippen LogP contribution is 2.16. The summed E-state index contributed by atoms with van der Waals surface area (Å²) in [6, 6.07) is 18.7. The van der Waals surface area contributed by atoms with Gasteiger partial charge >= 0.3 is 5.97 Å². The molecule has 0 saturated carbocycles. The number of hydrogen-bond acceptors (Lipinski definition) is 4. The normalized spacial score (nSPS) is 10.8. The van der Waals surface area contributed by atoms with Gasteiger partial charge < -0.3 is 14.0 Å². The Labute approximate surface area is 170 Å². The van der Waals surface area contributed by atoms with E-state index < -0.39 is 5.97 Å². The lowest BCUT2D eigenvalue weighted by Gasteiger charge is -2.07. The number of carbonyl (C=O) groups excluding carboxylic acids is 2. The van der Waals surface area contributed by atoms with Crippen molar-refractivity contribution in [2.45, 2.75) is 13.5 Å². The van der Waals surface area contributed by atoms with Crippen LogP contribution in [0.15, 0.2) is 72.9 Å². The van der Waals surface area contributed by atoms with Crippen LogP contribution in [0.4, 0.5) is 0 Å². The number of methoxy groups -OCH3 is 1. The molecular formula is C24H23NO4. The summed E-state index contributed by atoms with van der Waals surface area (Å²) in [6.45, 7) is 2.43. The Kier molecular flexibility index (Phi) is 6.63. The molecule has 0 unspecified atom stereocenters. The van der Waals surface area contributed by atoms with E-state index in [1.54, 1.807) is 6.07 Å². The number of nitrogens with zero attached hydrogens (tertiary/aromatic N) is 1. The van der Waals surface area contributed by atoms with E-state index in [1.165, 1.54) is 7.11 Å². The average molecular weight is 389 g/mol. The van der Waals surface area contributed by atoms with E-state index in [4.69, 9.17) is 4.74 Å². The molecule has 0 bridgehead atoms. The number of carbonyl (C=O) groups is 2. The van der Waals surface area contributed by atoms with E-state index in [0.29, 0.717) is 23.6 Å². The summed E-state index contributed by atoms with van der Waals surface area (Å²) in [5.74, 6) is 0.166. The van der Waals surface area contributed by atoms with E-state index in [2.05, 4.69) is 4.74 Å². The van der Waals surface area contributed by atoms with Gasteiger partial charge in [-0.1, -0.05) is 54.1 Å². The van der Waals surface area contributed by atoms with Gasteiger partial charge in [0, 0.05) is 18.3 Å². The Morgan fingerprint density at radius 3 is 2.59 bits per heavy atom. The lowest BCUT2D eigenvalue weighted by Crippen LogP contribution is -2.12. The predicted octanol–water partition coefficient (Wildman–Crippen LogP) is 4.29. The average Bonchev–Trinajstić information content (AvgIpc) is 3.21. The SMILES string of the molecule is COC(=O)COc1cccc(C=CCn2cccc2C(=O)c2ccc(C)cc2)c1. The zero-order chi connectivity index (χ0) is 20.6. The van der Waals surface area contributed by atoms with Gasteiger partial charge in [-0.15, -0.1) is 0 Å². The van der Waals surface area contributed by atoms with Crippen LogP contribution in [0, 0.1) is 6.92 Å². The van der Waals surface area contributed by atoms with Gasteiger partial charge in [0.15, 0.2) is 6.61 Å². The quantitative estimate of drug-likeness (QED) is 0.426. The number of aryl methyl sites for hydroxylation is 1. The predicted molar refractivity (Wildman–Crippen MR) is 112 cm³/mol. The minimum absolute atomic E-state index is 0.00149. The number of hydrogen-bond donors (Lipinski definition) is 0. The zero-order valence-electron chi connectivity index (χ0n) is 16.5. The molecule has 5 nitrogen and oxygen atoms in total. The first-order valence-electron chi connectivity index (χ1n) is 9.29. The molecule has 0 N–H and O–H groups in total. The Morgan fingerprint density at radius 1 is 1.03 bits per heavy atom. The topological polar surface area (TPSA) is 57.5 Å². The summed E-state index contributed by atoms with van der Waals surface area (Å²) >= 11 is 0. The summed E-state index contributed by atoms with van der Waals surface area (Å²) < 4.78 is 11.9. The highest BCUT2D eigenvalue weighted by Gasteiger charge is 2.12.